The molecule has 0 atom stereocenters. The minimum atomic E-state index is -3.68. The molecule has 0 spiro atoms. The number of benzene rings is 3. The molecule has 0 saturated heterocycles. The van der Waals surface area contributed by atoms with Crippen LogP contribution in [0.2, 0.25) is 0 Å². The van der Waals surface area contributed by atoms with Crippen molar-refractivity contribution in [2.75, 3.05) is 11.4 Å². The van der Waals surface area contributed by atoms with Crippen molar-refractivity contribution in [2.45, 2.75) is 18.7 Å². The fourth-order valence-corrected chi connectivity index (χ4v) is 3.85. The van der Waals surface area contributed by atoms with Crippen molar-refractivity contribution in [3.63, 3.8) is 0 Å². The van der Waals surface area contributed by atoms with Crippen LogP contribution in [0, 0.1) is 13.8 Å². The Balaban J connectivity index is 1.77. The quantitative estimate of drug-likeness (QED) is 0.476. The molecule has 144 valence electrons. The van der Waals surface area contributed by atoms with Gasteiger partial charge in [0.2, 0.25) is 0 Å². The average Bonchev–Trinajstić information content (AvgIpc) is 2.68. The molecule has 5 nitrogen and oxygen atoms in total. The lowest BCUT2D eigenvalue weighted by Crippen LogP contribution is -2.26. The van der Waals surface area contributed by atoms with Crippen LogP contribution in [0.25, 0.3) is 0 Å². The summed E-state index contributed by atoms with van der Waals surface area (Å²) in [5, 5.41) is 0. The van der Waals surface area contributed by atoms with Crippen LogP contribution < -0.4 is 9.04 Å². The first kappa shape index (κ1) is 19.6. The molecule has 0 amide bonds. The van der Waals surface area contributed by atoms with E-state index in [1.807, 2.05) is 26.0 Å². The maximum atomic E-state index is 12.8. The van der Waals surface area contributed by atoms with E-state index in [9.17, 15) is 13.2 Å². The summed E-state index contributed by atoms with van der Waals surface area (Å²) >= 11 is 0. The first-order valence-electron chi connectivity index (χ1n) is 8.72. The van der Waals surface area contributed by atoms with Crippen molar-refractivity contribution in [3.05, 3.63) is 89.5 Å². The largest absolute Gasteiger partial charge is 0.423 e. The highest BCUT2D eigenvalue weighted by Gasteiger charge is 2.21. The number of anilines is 1. The van der Waals surface area contributed by atoms with Crippen LogP contribution in [0.4, 0.5) is 5.69 Å². The summed E-state index contributed by atoms with van der Waals surface area (Å²) in [6, 6.07) is 20.1. The molecule has 0 aliphatic heterocycles. The van der Waals surface area contributed by atoms with E-state index in [0.29, 0.717) is 17.0 Å². The number of rotatable bonds is 5. The first-order valence-corrected chi connectivity index (χ1v) is 10.2. The van der Waals surface area contributed by atoms with Crippen molar-refractivity contribution >= 4 is 21.7 Å². The predicted octanol–water partition coefficient (Wildman–Crippen LogP) is 4.35. The maximum Gasteiger partial charge on any atom is 0.343 e. The molecule has 3 aromatic rings. The molecule has 0 unspecified atom stereocenters. The lowest BCUT2D eigenvalue weighted by Gasteiger charge is -2.19. The number of sulfonamides is 1. The van der Waals surface area contributed by atoms with E-state index in [0.717, 1.165) is 11.1 Å². The number of nitrogens with zero attached hydrogens (tertiary/aromatic N) is 1. The number of aryl methyl sites for hydroxylation is 2. The van der Waals surface area contributed by atoms with Crippen LogP contribution in [0.1, 0.15) is 21.5 Å². The number of carbonyl (C=O) groups is 1. The highest BCUT2D eigenvalue weighted by molar-refractivity contribution is 7.92. The van der Waals surface area contributed by atoms with Crippen LogP contribution >= 0.6 is 0 Å². The topological polar surface area (TPSA) is 63.7 Å². The van der Waals surface area contributed by atoms with E-state index in [-0.39, 0.29) is 4.90 Å². The van der Waals surface area contributed by atoms with Gasteiger partial charge in [0.25, 0.3) is 10.0 Å². The lowest BCUT2D eigenvalue weighted by atomic mass is 10.2. The van der Waals surface area contributed by atoms with Gasteiger partial charge in [-0.15, -0.1) is 0 Å². The van der Waals surface area contributed by atoms with E-state index in [1.165, 1.54) is 11.4 Å². The van der Waals surface area contributed by atoms with Crippen molar-refractivity contribution in [1.29, 1.82) is 0 Å². The van der Waals surface area contributed by atoms with Gasteiger partial charge in [0.1, 0.15) is 5.75 Å². The molecule has 3 aromatic carbocycles. The Kier molecular flexibility index (Phi) is 5.51. The smallest absolute Gasteiger partial charge is 0.343 e. The average molecular weight is 395 g/mol. The molecule has 0 bridgehead atoms. The molecule has 0 aromatic heterocycles. The number of ether oxygens (including phenoxy) is 1. The van der Waals surface area contributed by atoms with Crippen molar-refractivity contribution in [1.82, 2.24) is 0 Å². The normalized spacial score (nSPS) is 11.1. The zero-order chi connectivity index (χ0) is 20.3. The summed E-state index contributed by atoms with van der Waals surface area (Å²) < 4.78 is 32.1. The molecule has 0 fully saturated rings. The predicted molar refractivity (Wildman–Crippen MR) is 109 cm³/mol. The monoisotopic (exact) mass is 395 g/mol. The number of hydrogen-bond donors (Lipinski definition) is 0. The molecule has 0 saturated carbocycles. The lowest BCUT2D eigenvalue weighted by molar-refractivity contribution is 0.0734. The SMILES string of the molecule is Cc1ccc(S(=O)(=O)N(C)c2ccc(C(=O)Oc3cccc(C)c3)cc2)cc1. The van der Waals surface area contributed by atoms with Crippen LogP contribution in [0.3, 0.4) is 0 Å². The molecule has 0 aliphatic carbocycles. The fraction of sp³-hybridized carbons (Fsp3) is 0.136. The second-order valence-electron chi connectivity index (χ2n) is 6.54. The van der Waals surface area contributed by atoms with Gasteiger partial charge in [-0.2, -0.15) is 0 Å². The van der Waals surface area contributed by atoms with Crippen LogP contribution in [-0.4, -0.2) is 21.4 Å². The van der Waals surface area contributed by atoms with Gasteiger partial charge in [-0.05, 0) is 67.9 Å². The Morgan fingerprint density at radius 3 is 2.11 bits per heavy atom. The van der Waals surface area contributed by atoms with Crippen molar-refractivity contribution < 1.29 is 17.9 Å². The van der Waals surface area contributed by atoms with Gasteiger partial charge in [0.15, 0.2) is 0 Å². The van der Waals surface area contributed by atoms with Crippen LogP contribution in [0.5, 0.6) is 5.75 Å². The van der Waals surface area contributed by atoms with E-state index in [1.54, 1.807) is 60.7 Å². The highest BCUT2D eigenvalue weighted by atomic mass is 32.2. The second kappa shape index (κ2) is 7.86. The summed E-state index contributed by atoms with van der Waals surface area (Å²) in [6.45, 7) is 3.81. The molecule has 6 heteroatoms. The third kappa shape index (κ3) is 4.23. The fourth-order valence-electron chi connectivity index (χ4n) is 2.66. The van der Waals surface area contributed by atoms with Gasteiger partial charge in [-0.25, -0.2) is 13.2 Å². The summed E-state index contributed by atoms with van der Waals surface area (Å²) in [5.41, 5.74) is 2.76. The Morgan fingerprint density at radius 1 is 0.857 bits per heavy atom. The van der Waals surface area contributed by atoms with Crippen molar-refractivity contribution in [2.24, 2.45) is 0 Å². The standard InChI is InChI=1S/C22H21NO4S/c1-16-7-13-21(14-8-16)28(25,26)23(3)19-11-9-18(10-12-19)22(24)27-20-6-4-5-17(2)15-20/h4-15H,1-3H3. The van der Waals surface area contributed by atoms with Gasteiger partial charge in [0.05, 0.1) is 16.1 Å². The summed E-state index contributed by atoms with van der Waals surface area (Å²) in [7, 11) is -2.20. The van der Waals surface area contributed by atoms with Gasteiger partial charge in [0, 0.05) is 7.05 Å². The van der Waals surface area contributed by atoms with E-state index < -0.39 is 16.0 Å². The molecule has 0 heterocycles. The molecule has 3 rings (SSSR count). The Labute approximate surface area is 165 Å². The van der Waals surface area contributed by atoms with Gasteiger partial charge < -0.3 is 4.74 Å². The Morgan fingerprint density at radius 2 is 1.50 bits per heavy atom. The molecule has 0 aliphatic rings. The summed E-state index contributed by atoms with van der Waals surface area (Å²) in [5.74, 6) is -0.0330. The number of hydrogen-bond acceptors (Lipinski definition) is 4. The highest BCUT2D eigenvalue weighted by Crippen LogP contribution is 2.23. The minimum absolute atomic E-state index is 0.212. The number of esters is 1. The third-order valence-electron chi connectivity index (χ3n) is 4.35. The van der Waals surface area contributed by atoms with Gasteiger partial charge >= 0.3 is 5.97 Å². The zero-order valence-electron chi connectivity index (χ0n) is 15.9. The molecular weight excluding hydrogens is 374 g/mol. The maximum absolute atomic E-state index is 12.8. The van der Waals surface area contributed by atoms with Crippen LogP contribution in [0.15, 0.2) is 77.7 Å². The molecular formula is C22H21NO4S. The first-order chi connectivity index (χ1) is 13.3. The van der Waals surface area contributed by atoms with E-state index in [4.69, 9.17) is 4.74 Å². The molecule has 0 N–H and O–H groups in total. The van der Waals surface area contributed by atoms with Gasteiger partial charge in [-0.3, -0.25) is 4.31 Å². The van der Waals surface area contributed by atoms with E-state index >= 15 is 0 Å². The minimum Gasteiger partial charge on any atom is -0.423 e. The zero-order valence-corrected chi connectivity index (χ0v) is 16.7. The molecule has 28 heavy (non-hydrogen) atoms. The Hall–Kier alpha value is -3.12. The Bertz CT molecular complexity index is 1090. The van der Waals surface area contributed by atoms with E-state index in [2.05, 4.69) is 0 Å². The van der Waals surface area contributed by atoms with Crippen LogP contribution in [-0.2, 0) is 10.0 Å². The second-order valence-corrected chi connectivity index (χ2v) is 8.51. The molecule has 0 radical (unpaired) electrons. The van der Waals surface area contributed by atoms with Crippen molar-refractivity contribution in [3.8, 4) is 5.75 Å². The summed E-state index contributed by atoms with van der Waals surface area (Å²) in [6.07, 6.45) is 0. The van der Waals surface area contributed by atoms with Gasteiger partial charge in [-0.1, -0.05) is 29.8 Å². The third-order valence-corrected chi connectivity index (χ3v) is 6.15. The number of carbonyl (C=O) groups excluding carboxylic acids is 1. The summed E-state index contributed by atoms with van der Waals surface area (Å²) in [4.78, 5) is 12.5.